The first kappa shape index (κ1) is 20.6. The number of rotatable bonds is 5. The molecule has 1 heterocycles. The van der Waals surface area contributed by atoms with Crippen molar-refractivity contribution in [3.63, 3.8) is 0 Å². The van der Waals surface area contributed by atoms with Crippen LogP contribution in [0.3, 0.4) is 0 Å². The summed E-state index contributed by atoms with van der Waals surface area (Å²) in [5.74, 6) is -3.52. The van der Waals surface area contributed by atoms with Crippen LogP contribution >= 0.6 is 0 Å². The van der Waals surface area contributed by atoms with Crippen molar-refractivity contribution in [1.82, 2.24) is 9.78 Å². The molecule has 0 atom stereocenters. The molecular weight excluding hydrogens is 411 g/mol. The van der Waals surface area contributed by atoms with Crippen LogP contribution in [0.15, 0.2) is 42.5 Å². The van der Waals surface area contributed by atoms with E-state index >= 15 is 0 Å². The second kappa shape index (κ2) is 8.63. The summed E-state index contributed by atoms with van der Waals surface area (Å²) >= 11 is 0. The molecule has 0 unspecified atom stereocenters. The van der Waals surface area contributed by atoms with Crippen molar-refractivity contribution >= 4 is 17.6 Å². The standard InChI is InChI=1S/C22H18F3N3O3/c23-13-5-8-15(9-6-13)28-19-4-2-1-3-16(19)21(27-28)22(30)31-12-20(29)26-18-11-14(24)7-10-17(18)25/h5-11H,1-4,12H2,(H,26,29). The Bertz CT molecular complexity index is 1140. The van der Waals surface area contributed by atoms with Crippen LogP contribution in [0.2, 0.25) is 0 Å². The van der Waals surface area contributed by atoms with Gasteiger partial charge in [0.15, 0.2) is 12.3 Å². The predicted molar refractivity (Wildman–Crippen MR) is 105 cm³/mol. The normalized spacial score (nSPS) is 12.9. The molecule has 1 aromatic heterocycles. The van der Waals surface area contributed by atoms with Gasteiger partial charge in [-0.1, -0.05) is 0 Å². The molecule has 3 aromatic rings. The molecule has 1 aliphatic rings. The van der Waals surface area contributed by atoms with E-state index < -0.39 is 30.1 Å². The highest BCUT2D eigenvalue weighted by atomic mass is 19.1. The lowest BCUT2D eigenvalue weighted by atomic mass is 9.95. The number of benzene rings is 2. The van der Waals surface area contributed by atoms with Gasteiger partial charge in [-0.25, -0.2) is 22.6 Å². The largest absolute Gasteiger partial charge is 0.451 e. The van der Waals surface area contributed by atoms with E-state index in [1.807, 2.05) is 0 Å². The molecule has 2 aromatic carbocycles. The molecule has 0 spiro atoms. The van der Waals surface area contributed by atoms with Crippen molar-refractivity contribution in [2.75, 3.05) is 11.9 Å². The number of amides is 1. The van der Waals surface area contributed by atoms with Crippen LogP contribution in [0.4, 0.5) is 18.9 Å². The van der Waals surface area contributed by atoms with Gasteiger partial charge in [0.1, 0.15) is 17.5 Å². The van der Waals surface area contributed by atoms with Crippen molar-refractivity contribution in [3.05, 3.63) is 76.9 Å². The minimum atomic E-state index is -0.815. The van der Waals surface area contributed by atoms with Crippen molar-refractivity contribution < 1.29 is 27.5 Å². The van der Waals surface area contributed by atoms with Gasteiger partial charge in [0.2, 0.25) is 0 Å². The van der Waals surface area contributed by atoms with E-state index in [1.165, 1.54) is 12.1 Å². The number of hydrogen-bond donors (Lipinski definition) is 1. The van der Waals surface area contributed by atoms with Gasteiger partial charge in [-0.2, -0.15) is 5.10 Å². The molecule has 6 nitrogen and oxygen atoms in total. The first-order valence-electron chi connectivity index (χ1n) is 9.71. The summed E-state index contributed by atoms with van der Waals surface area (Å²) in [6.07, 6.45) is 3.13. The Morgan fingerprint density at radius 2 is 1.71 bits per heavy atom. The Morgan fingerprint density at radius 3 is 2.48 bits per heavy atom. The van der Waals surface area contributed by atoms with E-state index in [-0.39, 0.29) is 17.2 Å². The number of nitrogens with one attached hydrogen (secondary N) is 1. The summed E-state index contributed by atoms with van der Waals surface area (Å²) in [6.45, 7) is -0.688. The van der Waals surface area contributed by atoms with E-state index in [1.54, 1.807) is 16.8 Å². The third kappa shape index (κ3) is 4.45. The van der Waals surface area contributed by atoms with E-state index in [9.17, 15) is 22.8 Å². The number of hydrogen-bond acceptors (Lipinski definition) is 4. The molecule has 1 amide bonds. The highest BCUT2D eigenvalue weighted by Crippen LogP contribution is 2.27. The third-order valence-electron chi connectivity index (χ3n) is 4.98. The number of ether oxygens (including phenoxy) is 1. The lowest BCUT2D eigenvalue weighted by molar-refractivity contribution is -0.119. The maximum atomic E-state index is 13.6. The smallest absolute Gasteiger partial charge is 0.359 e. The molecule has 0 aliphatic heterocycles. The SMILES string of the molecule is O=C(COC(=O)c1nn(-c2ccc(F)cc2)c2c1CCCC2)Nc1cc(F)ccc1F. The highest BCUT2D eigenvalue weighted by molar-refractivity contribution is 5.95. The number of carbonyl (C=O) groups excluding carboxylic acids is 2. The van der Waals surface area contributed by atoms with Gasteiger partial charge in [-0.3, -0.25) is 4.79 Å². The molecule has 1 N–H and O–H groups in total. The highest BCUT2D eigenvalue weighted by Gasteiger charge is 2.27. The molecule has 4 rings (SSSR count). The number of nitrogens with zero attached hydrogens (tertiary/aromatic N) is 2. The second-order valence-corrected chi connectivity index (χ2v) is 7.12. The Balaban J connectivity index is 1.50. The maximum Gasteiger partial charge on any atom is 0.359 e. The van der Waals surface area contributed by atoms with Crippen LogP contribution in [0, 0.1) is 17.5 Å². The van der Waals surface area contributed by atoms with Gasteiger partial charge >= 0.3 is 5.97 Å². The van der Waals surface area contributed by atoms with Crippen LogP contribution in [0.5, 0.6) is 0 Å². The molecule has 9 heteroatoms. The van der Waals surface area contributed by atoms with Crippen molar-refractivity contribution in [1.29, 1.82) is 0 Å². The Morgan fingerprint density at radius 1 is 1.00 bits per heavy atom. The molecule has 1 aliphatic carbocycles. The molecule has 0 radical (unpaired) electrons. The zero-order chi connectivity index (χ0) is 22.0. The van der Waals surface area contributed by atoms with Gasteiger partial charge < -0.3 is 10.1 Å². The number of esters is 1. The van der Waals surface area contributed by atoms with Crippen LogP contribution in [0.25, 0.3) is 5.69 Å². The fourth-order valence-corrected chi connectivity index (χ4v) is 3.54. The van der Waals surface area contributed by atoms with Gasteiger partial charge in [-0.05, 0) is 62.1 Å². The molecule has 0 saturated heterocycles. The number of anilines is 1. The minimum absolute atomic E-state index is 0.0868. The van der Waals surface area contributed by atoms with Gasteiger partial charge in [0.05, 0.1) is 11.4 Å². The lowest BCUT2D eigenvalue weighted by Gasteiger charge is -2.14. The van der Waals surface area contributed by atoms with Crippen LogP contribution < -0.4 is 5.32 Å². The zero-order valence-electron chi connectivity index (χ0n) is 16.3. The van der Waals surface area contributed by atoms with E-state index in [2.05, 4.69) is 10.4 Å². The minimum Gasteiger partial charge on any atom is -0.451 e. The Kier molecular flexibility index (Phi) is 5.75. The fourth-order valence-electron chi connectivity index (χ4n) is 3.54. The molecule has 31 heavy (non-hydrogen) atoms. The first-order chi connectivity index (χ1) is 14.9. The van der Waals surface area contributed by atoms with Gasteiger partial charge in [0.25, 0.3) is 5.91 Å². The van der Waals surface area contributed by atoms with Crippen molar-refractivity contribution in [2.45, 2.75) is 25.7 Å². The molecule has 0 bridgehead atoms. The zero-order valence-corrected chi connectivity index (χ0v) is 16.3. The number of halogens is 3. The van der Waals surface area contributed by atoms with Crippen molar-refractivity contribution in [3.8, 4) is 5.69 Å². The predicted octanol–water partition coefficient (Wildman–Crippen LogP) is 3.96. The topological polar surface area (TPSA) is 73.2 Å². The van der Waals surface area contributed by atoms with E-state index in [0.717, 1.165) is 42.3 Å². The Labute approximate surface area is 175 Å². The van der Waals surface area contributed by atoms with E-state index in [0.29, 0.717) is 18.5 Å². The molecule has 0 fully saturated rings. The summed E-state index contributed by atoms with van der Waals surface area (Å²) in [6, 6.07) is 8.37. The van der Waals surface area contributed by atoms with Crippen LogP contribution in [-0.2, 0) is 22.4 Å². The number of fused-ring (bicyclic) bond motifs is 1. The first-order valence-corrected chi connectivity index (χ1v) is 9.71. The quantitative estimate of drug-likeness (QED) is 0.623. The maximum absolute atomic E-state index is 13.6. The average molecular weight is 429 g/mol. The van der Waals surface area contributed by atoms with Gasteiger partial charge in [0, 0.05) is 17.3 Å². The van der Waals surface area contributed by atoms with Crippen LogP contribution in [-0.4, -0.2) is 28.3 Å². The fraction of sp³-hybridized carbons (Fsp3) is 0.227. The second-order valence-electron chi connectivity index (χ2n) is 7.12. The average Bonchev–Trinajstić information content (AvgIpc) is 3.15. The summed E-state index contributed by atoms with van der Waals surface area (Å²) < 4.78 is 46.8. The molecule has 0 saturated carbocycles. The lowest BCUT2D eigenvalue weighted by Crippen LogP contribution is -2.22. The number of aromatic nitrogens is 2. The number of carbonyl (C=O) groups is 2. The monoisotopic (exact) mass is 429 g/mol. The van der Waals surface area contributed by atoms with Crippen LogP contribution in [0.1, 0.15) is 34.6 Å². The van der Waals surface area contributed by atoms with Crippen molar-refractivity contribution in [2.24, 2.45) is 0 Å². The molecule has 160 valence electrons. The summed E-state index contributed by atoms with van der Waals surface area (Å²) in [4.78, 5) is 24.6. The summed E-state index contributed by atoms with van der Waals surface area (Å²) in [7, 11) is 0. The summed E-state index contributed by atoms with van der Waals surface area (Å²) in [5, 5.41) is 6.52. The van der Waals surface area contributed by atoms with E-state index in [4.69, 9.17) is 4.74 Å². The van der Waals surface area contributed by atoms with Gasteiger partial charge in [-0.15, -0.1) is 0 Å². The Hall–Kier alpha value is -3.62. The molecular formula is C22H18F3N3O3. The summed E-state index contributed by atoms with van der Waals surface area (Å²) in [5.41, 5.74) is 1.92. The third-order valence-corrected chi connectivity index (χ3v) is 4.98.